The molecule has 0 atom stereocenters. The first kappa shape index (κ1) is 25.6. The summed E-state index contributed by atoms with van der Waals surface area (Å²) in [7, 11) is 0. The van der Waals surface area contributed by atoms with Gasteiger partial charge in [0, 0.05) is 55.6 Å². The third-order valence-corrected chi connectivity index (χ3v) is 6.34. The number of halogens is 4. The van der Waals surface area contributed by atoms with Gasteiger partial charge in [0.2, 0.25) is 5.91 Å². The van der Waals surface area contributed by atoms with E-state index in [4.69, 9.17) is 0 Å². The van der Waals surface area contributed by atoms with Gasteiger partial charge in [-0.3, -0.25) is 14.8 Å². The van der Waals surface area contributed by atoms with E-state index in [0.717, 1.165) is 24.5 Å². The fourth-order valence-electron chi connectivity index (χ4n) is 4.38. The number of hydrogen-bond donors (Lipinski definition) is 4. The molecule has 0 bridgehead atoms. The fourth-order valence-corrected chi connectivity index (χ4v) is 4.38. The second kappa shape index (κ2) is 10.8. The molecule has 12 heteroatoms. The van der Waals surface area contributed by atoms with E-state index in [1.165, 1.54) is 24.3 Å². The lowest BCUT2D eigenvalue weighted by molar-refractivity contribution is -0.138. The Hall–Kier alpha value is -4.03. The molecule has 4 aromatic rings. The fraction of sp³-hybridized carbons (Fsp3) is 0.269. The van der Waals surface area contributed by atoms with Gasteiger partial charge in [0.15, 0.2) is 5.65 Å². The van der Waals surface area contributed by atoms with Crippen LogP contribution in [-0.2, 0) is 17.5 Å². The van der Waals surface area contributed by atoms with Crippen molar-refractivity contribution in [3.05, 3.63) is 71.8 Å². The van der Waals surface area contributed by atoms with Crippen molar-refractivity contribution < 1.29 is 22.4 Å². The molecule has 8 nitrogen and oxygen atoms in total. The highest BCUT2D eigenvalue weighted by Gasteiger charge is 2.34. The van der Waals surface area contributed by atoms with Gasteiger partial charge in [-0.15, -0.1) is 0 Å². The molecule has 0 saturated carbocycles. The monoisotopic (exact) mass is 527 g/mol. The molecule has 1 aliphatic heterocycles. The molecular weight excluding hydrogens is 502 g/mol. The normalized spacial score (nSPS) is 14.5. The molecule has 2 aromatic heterocycles. The molecule has 1 aliphatic rings. The maximum Gasteiger partial charge on any atom is 0.416 e. The minimum Gasteiger partial charge on any atom is -0.374 e. The minimum atomic E-state index is -4.56. The second-order valence-corrected chi connectivity index (χ2v) is 9.02. The van der Waals surface area contributed by atoms with Crippen molar-refractivity contribution in [2.45, 2.75) is 12.7 Å². The van der Waals surface area contributed by atoms with E-state index in [9.17, 15) is 22.4 Å². The average Bonchev–Trinajstić information content (AvgIpc) is 3.37. The summed E-state index contributed by atoms with van der Waals surface area (Å²) in [6, 6.07) is 10.1. The van der Waals surface area contributed by atoms with Crippen LogP contribution in [0.3, 0.4) is 0 Å². The van der Waals surface area contributed by atoms with Gasteiger partial charge in [-0.25, -0.2) is 9.37 Å². The number of rotatable bonds is 7. The summed E-state index contributed by atoms with van der Waals surface area (Å²) < 4.78 is 56.0. The summed E-state index contributed by atoms with van der Waals surface area (Å²) in [5.74, 6) is -1.19. The average molecular weight is 528 g/mol. The van der Waals surface area contributed by atoms with E-state index >= 15 is 0 Å². The number of aromatic nitrogens is 3. The van der Waals surface area contributed by atoms with E-state index in [1.54, 1.807) is 18.5 Å². The van der Waals surface area contributed by atoms with Gasteiger partial charge in [0.25, 0.3) is 0 Å². The third kappa shape index (κ3) is 5.92. The molecule has 3 heterocycles. The predicted molar refractivity (Wildman–Crippen MR) is 136 cm³/mol. The van der Waals surface area contributed by atoms with E-state index in [2.05, 4.69) is 31.1 Å². The van der Waals surface area contributed by atoms with E-state index in [1.807, 2.05) is 11.0 Å². The number of aromatic amines is 1. The quantitative estimate of drug-likeness (QED) is 0.269. The Kier molecular flexibility index (Phi) is 7.25. The molecule has 0 unspecified atom stereocenters. The molecule has 0 aliphatic carbocycles. The first-order valence-electron chi connectivity index (χ1n) is 12.0. The van der Waals surface area contributed by atoms with Crippen LogP contribution in [0.15, 0.2) is 54.9 Å². The summed E-state index contributed by atoms with van der Waals surface area (Å²) in [5, 5.41) is 15.8. The number of benzene rings is 2. The van der Waals surface area contributed by atoms with Gasteiger partial charge >= 0.3 is 6.18 Å². The summed E-state index contributed by atoms with van der Waals surface area (Å²) in [4.78, 5) is 18.6. The van der Waals surface area contributed by atoms with Crippen LogP contribution < -0.4 is 16.0 Å². The van der Waals surface area contributed by atoms with Crippen LogP contribution in [0.4, 0.5) is 28.9 Å². The van der Waals surface area contributed by atoms with Crippen LogP contribution in [0.5, 0.6) is 0 Å². The number of amides is 1. The second-order valence-electron chi connectivity index (χ2n) is 9.02. The number of anilines is 2. The van der Waals surface area contributed by atoms with Crippen molar-refractivity contribution in [1.29, 1.82) is 0 Å². The summed E-state index contributed by atoms with van der Waals surface area (Å²) in [6.07, 6.45) is -1.35. The number of fused-ring (bicyclic) bond motifs is 1. The summed E-state index contributed by atoms with van der Waals surface area (Å²) in [6.45, 7) is 2.62. The number of hydrogen-bond acceptors (Lipinski definition) is 6. The molecule has 0 radical (unpaired) electrons. The van der Waals surface area contributed by atoms with Crippen molar-refractivity contribution in [3.8, 4) is 11.1 Å². The molecule has 198 valence electrons. The molecule has 4 N–H and O–H groups in total. The summed E-state index contributed by atoms with van der Waals surface area (Å²) in [5.41, 5.74) is 1.38. The van der Waals surface area contributed by atoms with Crippen molar-refractivity contribution >= 4 is 28.3 Å². The lowest BCUT2D eigenvalue weighted by Crippen LogP contribution is -2.43. The maximum atomic E-state index is 14.7. The minimum absolute atomic E-state index is 0.0196. The Morgan fingerprint density at radius 2 is 1.84 bits per heavy atom. The van der Waals surface area contributed by atoms with Crippen LogP contribution in [0, 0.1) is 5.82 Å². The van der Waals surface area contributed by atoms with Crippen LogP contribution >= 0.6 is 0 Å². The first-order chi connectivity index (χ1) is 18.3. The molecule has 0 spiro atoms. The number of H-pyrrole nitrogens is 1. The van der Waals surface area contributed by atoms with Crippen LogP contribution in [0.2, 0.25) is 0 Å². The Morgan fingerprint density at radius 3 is 2.61 bits per heavy atom. The Morgan fingerprint density at radius 1 is 1.03 bits per heavy atom. The van der Waals surface area contributed by atoms with Crippen molar-refractivity contribution in [3.63, 3.8) is 0 Å². The Bertz CT molecular complexity index is 1450. The van der Waals surface area contributed by atoms with E-state index in [0.29, 0.717) is 29.9 Å². The highest BCUT2D eigenvalue weighted by Crippen LogP contribution is 2.34. The largest absolute Gasteiger partial charge is 0.416 e. The smallest absolute Gasteiger partial charge is 0.374 e. The molecular formula is C26H25F4N7O. The molecule has 1 amide bonds. The first-order valence-corrected chi connectivity index (χ1v) is 12.0. The van der Waals surface area contributed by atoms with Crippen molar-refractivity contribution in [2.75, 3.05) is 43.4 Å². The topological polar surface area (TPSA) is 98.0 Å². The number of pyridine rings is 1. The van der Waals surface area contributed by atoms with E-state index < -0.39 is 23.5 Å². The predicted octanol–water partition coefficient (Wildman–Crippen LogP) is 4.24. The molecule has 1 saturated heterocycles. The van der Waals surface area contributed by atoms with Crippen molar-refractivity contribution in [1.82, 2.24) is 25.4 Å². The zero-order valence-corrected chi connectivity index (χ0v) is 20.2. The highest BCUT2D eigenvalue weighted by molar-refractivity contribution is 5.94. The Balaban J connectivity index is 1.22. The SMILES string of the molecule is O=C(CNc1ccc(-c2cnc3[nH]ncc3c2)cc1F)Nc1ccc(CN2CCNCC2)c(C(F)(F)F)c1. The van der Waals surface area contributed by atoms with Gasteiger partial charge in [0.05, 0.1) is 24.0 Å². The lowest BCUT2D eigenvalue weighted by Gasteiger charge is -2.28. The number of nitrogens with one attached hydrogen (secondary N) is 4. The zero-order chi connectivity index (χ0) is 26.7. The highest BCUT2D eigenvalue weighted by atomic mass is 19.4. The molecule has 5 rings (SSSR count). The lowest BCUT2D eigenvalue weighted by atomic mass is 10.0. The Labute approximate surface area is 215 Å². The molecule has 38 heavy (non-hydrogen) atoms. The number of piperazine rings is 1. The number of carbonyl (C=O) groups is 1. The van der Waals surface area contributed by atoms with Crippen LogP contribution in [0.25, 0.3) is 22.2 Å². The van der Waals surface area contributed by atoms with Gasteiger partial charge in [-0.1, -0.05) is 12.1 Å². The maximum absolute atomic E-state index is 14.7. The summed E-state index contributed by atoms with van der Waals surface area (Å²) >= 11 is 0. The van der Waals surface area contributed by atoms with Gasteiger partial charge in [-0.2, -0.15) is 18.3 Å². The number of alkyl halides is 3. The van der Waals surface area contributed by atoms with Crippen molar-refractivity contribution in [2.24, 2.45) is 0 Å². The van der Waals surface area contributed by atoms with Gasteiger partial charge in [0.1, 0.15) is 5.82 Å². The third-order valence-electron chi connectivity index (χ3n) is 6.34. The van der Waals surface area contributed by atoms with E-state index in [-0.39, 0.29) is 30.0 Å². The van der Waals surface area contributed by atoms with Gasteiger partial charge in [-0.05, 0) is 41.5 Å². The number of carbonyl (C=O) groups excluding carboxylic acids is 1. The standard InChI is InChI=1S/C26H25F4N7O/c27-22-10-16(18-9-19-13-34-36-25(19)33-12-18)2-4-23(22)32-14-24(38)35-20-3-1-17(21(11-20)26(28,29)30)15-37-7-5-31-6-8-37/h1-4,9-13,31-32H,5-8,14-15H2,(H,35,38)(H,33,34,36). The zero-order valence-electron chi connectivity index (χ0n) is 20.2. The number of nitrogens with zero attached hydrogens (tertiary/aromatic N) is 3. The molecule has 2 aromatic carbocycles. The van der Waals surface area contributed by atoms with Gasteiger partial charge < -0.3 is 16.0 Å². The molecule has 1 fully saturated rings. The van der Waals surface area contributed by atoms with Crippen LogP contribution in [0.1, 0.15) is 11.1 Å². The van der Waals surface area contributed by atoms with Crippen LogP contribution in [-0.4, -0.2) is 58.7 Å².